The summed E-state index contributed by atoms with van der Waals surface area (Å²) in [6, 6.07) is 0. The van der Waals surface area contributed by atoms with Gasteiger partial charge < -0.3 is 0 Å². The Balaban J connectivity index is 2.06. The van der Waals surface area contributed by atoms with Gasteiger partial charge in [-0.1, -0.05) is 12.8 Å². The van der Waals surface area contributed by atoms with E-state index in [0.717, 1.165) is 5.25 Å². The van der Waals surface area contributed by atoms with Crippen LogP contribution in [0.4, 0.5) is 0 Å². The van der Waals surface area contributed by atoms with Crippen LogP contribution in [0.15, 0.2) is 0 Å². The van der Waals surface area contributed by atoms with Crippen LogP contribution >= 0.6 is 23.4 Å². The molecular weight excluding hydrogens is 180 g/mol. The minimum atomic E-state index is 0.170. The quantitative estimate of drug-likeness (QED) is 0.637. The second-order valence-electron chi connectivity index (χ2n) is 2.89. The first-order valence-electron chi connectivity index (χ1n) is 4.02. The van der Waals surface area contributed by atoms with Crippen LogP contribution in [-0.4, -0.2) is 22.7 Å². The third-order valence-corrected chi connectivity index (χ3v) is 3.66. The van der Waals surface area contributed by atoms with Crippen LogP contribution in [0.5, 0.6) is 0 Å². The fourth-order valence-corrected chi connectivity index (χ4v) is 2.70. The Morgan fingerprint density at radius 1 is 1.45 bits per heavy atom. The third-order valence-electron chi connectivity index (χ3n) is 1.93. The topological polar surface area (TPSA) is 17.1 Å². The molecule has 1 aliphatic carbocycles. The first-order valence-corrected chi connectivity index (χ1v) is 5.60. The molecule has 1 saturated carbocycles. The van der Waals surface area contributed by atoms with Gasteiger partial charge in [0.25, 0.3) is 0 Å². The smallest absolute Gasteiger partial charge is 0.157 e. The fourth-order valence-electron chi connectivity index (χ4n) is 1.30. The molecule has 0 radical (unpaired) electrons. The fraction of sp³-hybridized carbons (Fsp3) is 0.875. The van der Waals surface area contributed by atoms with Crippen molar-refractivity contribution in [3.05, 3.63) is 0 Å². The molecule has 1 fully saturated rings. The Labute approximate surface area is 76.9 Å². The highest BCUT2D eigenvalue weighted by molar-refractivity contribution is 8.00. The number of rotatable bonds is 4. The predicted octanol–water partition coefficient (Wildman–Crippen LogP) is 2.47. The molecule has 0 atom stereocenters. The zero-order valence-corrected chi connectivity index (χ0v) is 8.09. The summed E-state index contributed by atoms with van der Waals surface area (Å²) in [6.45, 7) is 0. The molecule has 0 N–H and O–H groups in total. The van der Waals surface area contributed by atoms with E-state index in [-0.39, 0.29) is 11.7 Å². The third kappa shape index (κ3) is 3.48. The summed E-state index contributed by atoms with van der Waals surface area (Å²) in [5, 5.41) is 0.738. The van der Waals surface area contributed by atoms with Crippen molar-refractivity contribution in [2.75, 3.05) is 11.6 Å². The molecule has 0 amide bonds. The van der Waals surface area contributed by atoms with E-state index in [1.807, 2.05) is 0 Å². The molecule has 64 valence electrons. The molecule has 11 heavy (non-hydrogen) atoms. The van der Waals surface area contributed by atoms with Crippen molar-refractivity contribution in [1.82, 2.24) is 0 Å². The highest BCUT2D eigenvalue weighted by Crippen LogP contribution is 2.29. The van der Waals surface area contributed by atoms with Gasteiger partial charge in [0.2, 0.25) is 0 Å². The maximum Gasteiger partial charge on any atom is 0.157 e. The molecule has 0 spiro atoms. The number of carbonyl (C=O) groups excluding carboxylic acids is 1. The molecule has 3 heteroatoms. The van der Waals surface area contributed by atoms with Crippen molar-refractivity contribution in [2.24, 2.45) is 0 Å². The lowest BCUT2D eigenvalue weighted by atomic mass is 10.4. The summed E-state index contributed by atoms with van der Waals surface area (Å²) in [5.41, 5.74) is 0. The number of Topliss-reactive ketones (excluding diaryl/α,β-unsaturated/α-hetero) is 1. The average molecular weight is 193 g/mol. The van der Waals surface area contributed by atoms with Crippen LogP contribution in [0.3, 0.4) is 0 Å². The molecule has 0 unspecified atom stereocenters. The van der Waals surface area contributed by atoms with Crippen LogP contribution in [0.25, 0.3) is 0 Å². The highest BCUT2D eigenvalue weighted by atomic mass is 35.5. The Kier molecular flexibility index (Phi) is 4.31. The zero-order valence-electron chi connectivity index (χ0n) is 6.51. The number of hydrogen-bond acceptors (Lipinski definition) is 2. The normalized spacial score (nSPS) is 19.0. The predicted molar refractivity (Wildman–Crippen MR) is 50.4 cm³/mol. The van der Waals surface area contributed by atoms with Gasteiger partial charge in [-0.05, 0) is 12.8 Å². The van der Waals surface area contributed by atoms with Crippen LogP contribution in [0.2, 0.25) is 0 Å². The first kappa shape index (κ1) is 9.40. The summed E-state index contributed by atoms with van der Waals surface area (Å²) in [6.07, 6.45) is 5.26. The lowest BCUT2D eigenvalue weighted by Crippen LogP contribution is -2.06. The van der Waals surface area contributed by atoms with Crippen molar-refractivity contribution < 1.29 is 4.79 Å². The van der Waals surface area contributed by atoms with Gasteiger partial charge in [0.05, 0.1) is 11.6 Å². The second-order valence-corrected chi connectivity index (χ2v) is 4.45. The van der Waals surface area contributed by atoms with Gasteiger partial charge in [0.15, 0.2) is 5.78 Å². The van der Waals surface area contributed by atoms with Crippen LogP contribution in [-0.2, 0) is 4.79 Å². The van der Waals surface area contributed by atoms with Crippen molar-refractivity contribution in [1.29, 1.82) is 0 Å². The molecule has 1 nitrogen and oxygen atoms in total. The van der Waals surface area contributed by atoms with Crippen molar-refractivity contribution >= 4 is 29.1 Å². The molecule has 0 saturated heterocycles. The number of halogens is 1. The molecule has 0 aliphatic heterocycles. The van der Waals surface area contributed by atoms with Crippen molar-refractivity contribution in [3.8, 4) is 0 Å². The van der Waals surface area contributed by atoms with Crippen molar-refractivity contribution in [3.63, 3.8) is 0 Å². The molecule has 0 aromatic carbocycles. The largest absolute Gasteiger partial charge is 0.297 e. The number of thioether (sulfide) groups is 1. The van der Waals surface area contributed by atoms with Gasteiger partial charge in [0.1, 0.15) is 0 Å². The van der Waals surface area contributed by atoms with Gasteiger partial charge in [-0.3, -0.25) is 4.79 Å². The van der Waals surface area contributed by atoms with Crippen LogP contribution < -0.4 is 0 Å². The SMILES string of the molecule is O=C(CCl)CSC1CCCC1. The lowest BCUT2D eigenvalue weighted by Gasteiger charge is -2.05. The Bertz CT molecular complexity index is 132. The zero-order chi connectivity index (χ0) is 8.10. The summed E-state index contributed by atoms with van der Waals surface area (Å²) >= 11 is 7.16. The Morgan fingerprint density at radius 3 is 2.64 bits per heavy atom. The molecule has 1 rings (SSSR count). The van der Waals surface area contributed by atoms with Crippen LogP contribution in [0, 0.1) is 0 Å². The monoisotopic (exact) mass is 192 g/mol. The summed E-state index contributed by atoms with van der Waals surface area (Å²) in [5.74, 6) is 0.969. The summed E-state index contributed by atoms with van der Waals surface area (Å²) in [7, 11) is 0. The molecular formula is C8H13ClOS. The van der Waals surface area contributed by atoms with Crippen LogP contribution in [0.1, 0.15) is 25.7 Å². The van der Waals surface area contributed by atoms with E-state index in [1.54, 1.807) is 11.8 Å². The molecule has 1 aliphatic rings. The van der Waals surface area contributed by atoms with Gasteiger partial charge >= 0.3 is 0 Å². The first-order chi connectivity index (χ1) is 5.33. The minimum Gasteiger partial charge on any atom is -0.297 e. The average Bonchev–Trinajstić information content (AvgIpc) is 2.52. The van der Waals surface area contributed by atoms with E-state index in [1.165, 1.54) is 25.7 Å². The number of alkyl halides is 1. The number of carbonyl (C=O) groups is 1. The second kappa shape index (κ2) is 5.04. The van der Waals surface area contributed by atoms with E-state index >= 15 is 0 Å². The molecule has 0 bridgehead atoms. The van der Waals surface area contributed by atoms with Gasteiger partial charge in [-0.15, -0.1) is 11.6 Å². The van der Waals surface area contributed by atoms with Gasteiger partial charge in [0, 0.05) is 5.25 Å². The maximum atomic E-state index is 10.8. The van der Waals surface area contributed by atoms with Crippen molar-refractivity contribution in [2.45, 2.75) is 30.9 Å². The Morgan fingerprint density at radius 2 is 2.09 bits per heavy atom. The Hall–Kier alpha value is 0.310. The molecule has 0 aromatic rings. The summed E-state index contributed by atoms with van der Waals surface area (Å²) in [4.78, 5) is 10.8. The van der Waals surface area contributed by atoms with E-state index < -0.39 is 0 Å². The molecule has 0 heterocycles. The van der Waals surface area contributed by atoms with E-state index in [2.05, 4.69) is 0 Å². The summed E-state index contributed by atoms with van der Waals surface area (Å²) < 4.78 is 0. The van der Waals surface area contributed by atoms with E-state index in [4.69, 9.17) is 11.6 Å². The van der Waals surface area contributed by atoms with E-state index in [9.17, 15) is 4.79 Å². The highest BCUT2D eigenvalue weighted by Gasteiger charge is 2.15. The maximum absolute atomic E-state index is 10.8. The minimum absolute atomic E-state index is 0.170. The van der Waals surface area contributed by atoms with Gasteiger partial charge in [-0.2, -0.15) is 11.8 Å². The standard InChI is InChI=1S/C8H13ClOS/c9-5-7(10)6-11-8-3-1-2-4-8/h8H,1-6H2. The number of ketones is 1. The molecule has 0 aromatic heterocycles. The van der Waals surface area contributed by atoms with E-state index in [0.29, 0.717) is 5.75 Å². The lowest BCUT2D eigenvalue weighted by molar-refractivity contribution is -0.114. The van der Waals surface area contributed by atoms with Gasteiger partial charge in [-0.25, -0.2) is 0 Å². The number of hydrogen-bond donors (Lipinski definition) is 0.